The minimum Gasteiger partial charge on any atom is -0.400 e. The summed E-state index contributed by atoms with van der Waals surface area (Å²) in [6.45, 7) is 8.66. The Hall–Kier alpha value is -7.55. The molecule has 0 amide bonds. The van der Waals surface area contributed by atoms with Crippen LogP contribution >= 0.6 is 0 Å². The van der Waals surface area contributed by atoms with Gasteiger partial charge < -0.3 is 15.0 Å². The summed E-state index contributed by atoms with van der Waals surface area (Å²) in [5.41, 5.74) is 11.8. The molecule has 12 rings (SSSR count). The van der Waals surface area contributed by atoms with Crippen molar-refractivity contribution in [3.8, 4) is 0 Å². The Bertz CT molecular complexity index is 3070. The van der Waals surface area contributed by atoms with Crippen molar-refractivity contribution in [3.05, 3.63) is 323 Å². The molecule has 3 aliphatic rings. The fourth-order valence-corrected chi connectivity index (χ4v) is 13.0. The smallest absolute Gasteiger partial charge is 0.130 e. The lowest BCUT2D eigenvalue weighted by atomic mass is 9.73. The molecule has 3 fully saturated rings. The maximum absolute atomic E-state index is 12.1. The SMILES string of the molecule is CC1(c2ccccc2)CCN(C(c2ccccc2)c2ccccc2)CC1.CO.O=CC1(c2ccccc2)CCN(C(c2ccccc2)c2ccccc2)CC1.OCC1(c2ccccc2)CCN(C(c2ccccc2)c2ccccc2)CC1. The number of rotatable bonds is 14. The Kier molecular flexibility index (Phi) is 21.2. The molecule has 0 bridgehead atoms. The minimum absolute atomic E-state index is 0.115. The summed E-state index contributed by atoms with van der Waals surface area (Å²) in [7, 11) is 1.00. The number of aliphatic hydroxyl groups excluding tert-OH is 2. The van der Waals surface area contributed by atoms with E-state index in [1.807, 2.05) is 24.3 Å². The van der Waals surface area contributed by atoms with E-state index in [0.29, 0.717) is 6.04 Å². The van der Waals surface area contributed by atoms with Gasteiger partial charge in [-0.2, -0.15) is 0 Å². The van der Waals surface area contributed by atoms with Gasteiger partial charge in [-0.05, 0) is 107 Å². The number of likely N-dealkylation sites (tertiary alicyclic amines) is 3. The van der Waals surface area contributed by atoms with Crippen molar-refractivity contribution in [2.75, 3.05) is 53.0 Å². The Morgan fingerprint density at radius 3 is 0.841 bits per heavy atom. The molecule has 82 heavy (non-hydrogen) atoms. The third-order valence-electron chi connectivity index (χ3n) is 17.9. The first-order valence-corrected chi connectivity index (χ1v) is 29.6. The first kappa shape index (κ1) is 59.1. The van der Waals surface area contributed by atoms with Crippen molar-refractivity contribution in [1.29, 1.82) is 0 Å². The molecule has 9 aromatic rings. The molecule has 0 saturated carbocycles. The molecule has 6 nitrogen and oxygen atoms in total. The highest BCUT2D eigenvalue weighted by molar-refractivity contribution is 5.69. The first-order chi connectivity index (χ1) is 40.4. The minimum atomic E-state index is -0.352. The number of aldehydes is 1. The van der Waals surface area contributed by atoms with Crippen molar-refractivity contribution < 1.29 is 15.0 Å². The highest BCUT2D eigenvalue weighted by Crippen LogP contribution is 2.42. The van der Waals surface area contributed by atoms with Crippen molar-refractivity contribution in [1.82, 2.24) is 14.7 Å². The number of carbonyl (C=O) groups is 1. The summed E-state index contributed by atoms with van der Waals surface area (Å²) in [5, 5.41) is 17.2. The third-order valence-corrected chi connectivity index (χ3v) is 17.9. The number of carbonyl (C=O) groups excluding carboxylic acids is 1. The molecule has 0 atom stereocenters. The van der Waals surface area contributed by atoms with Gasteiger partial charge in [0.2, 0.25) is 0 Å². The molecule has 0 radical (unpaired) electrons. The van der Waals surface area contributed by atoms with Gasteiger partial charge in [0, 0.05) is 38.7 Å². The van der Waals surface area contributed by atoms with Gasteiger partial charge in [-0.15, -0.1) is 0 Å². The zero-order valence-electron chi connectivity index (χ0n) is 48.1. The Morgan fingerprint density at radius 1 is 0.341 bits per heavy atom. The van der Waals surface area contributed by atoms with Gasteiger partial charge >= 0.3 is 0 Å². The Morgan fingerprint density at radius 2 is 0.573 bits per heavy atom. The van der Waals surface area contributed by atoms with E-state index in [1.165, 1.54) is 63.6 Å². The molecular formula is C76H83N3O3. The lowest BCUT2D eigenvalue weighted by Crippen LogP contribution is -2.46. The van der Waals surface area contributed by atoms with E-state index < -0.39 is 0 Å². The van der Waals surface area contributed by atoms with Crippen LogP contribution in [0, 0.1) is 0 Å². The number of nitrogens with zero attached hydrogens (tertiary/aromatic N) is 3. The van der Waals surface area contributed by atoms with E-state index in [9.17, 15) is 9.90 Å². The second-order valence-corrected chi connectivity index (χ2v) is 22.7. The summed E-state index contributed by atoms with van der Waals surface area (Å²) in [5.74, 6) is 0. The summed E-state index contributed by atoms with van der Waals surface area (Å²) < 4.78 is 0. The van der Waals surface area contributed by atoms with Crippen LogP contribution in [-0.4, -0.2) is 84.2 Å². The maximum atomic E-state index is 12.1. The van der Waals surface area contributed by atoms with Crippen LogP contribution in [0.25, 0.3) is 0 Å². The van der Waals surface area contributed by atoms with Crippen LogP contribution < -0.4 is 0 Å². The zero-order valence-corrected chi connectivity index (χ0v) is 48.1. The lowest BCUT2D eigenvalue weighted by molar-refractivity contribution is -0.114. The molecular weight excluding hydrogens is 1000 g/mol. The molecule has 6 heteroatoms. The van der Waals surface area contributed by atoms with Crippen LogP contribution in [0.4, 0.5) is 0 Å². The lowest BCUT2D eigenvalue weighted by Gasteiger charge is -2.44. The summed E-state index contributed by atoms with van der Waals surface area (Å²) in [6, 6.07) is 97.5. The molecule has 9 aromatic carbocycles. The largest absolute Gasteiger partial charge is 0.400 e. The topological polar surface area (TPSA) is 67.2 Å². The average Bonchev–Trinajstić information content (AvgIpc) is 3.60. The van der Waals surface area contributed by atoms with Gasteiger partial charge in [0.1, 0.15) is 6.29 Å². The van der Waals surface area contributed by atoms with Crippen LogP contribution in [0.5, 0.6) is 0 Å². The first-order valence-electron chi connectivity index (χ1n) is 29.6. The van der Waals surface area contributed by atoms with E-state index >= 15 is 0 Å². The number of benzene rings is 9. The van der Waals surface area contributed by atoms with Crippen molar-refractivity contribution in [2.24, 2.45) is 0 Å². The van der Waals surface area contributed by atoms with E-state index in [4.69, 9.17) is 5.11 Å². The molecule has 420 valence electrons. The Labute approximate surface area is 489 Å². The molecule has 2 N–H and O–H groups in total. The monoisotopic (exact) mass is 1090 g/mol. The standard InChI is InChI=1S/C25H27NO.C25H25NO.C25H27N.CH4O/c2*27-20-25(23-14-8-3-9-15-23)16-18-26(19-17-25)24(21-10-4-1-5-11-21)22-12-6-2-7-13-22;1-25(23-15-9-4-10-16-23)17-19-26(20-18-25)24(21-11-5-2-6-12-21)22-13-7-3-8-14-22;1-2/h1-15,24,27H,16-20H2;1-15,20,24H,16-19H2;2-16,24H,17-20H2,1H3;2H,1H3. The van der Waals surface area contributed by atoms with E-state index in [-0.39, 0.29) is 34.9 Å². The van der Waals surface area contributed by atoms with Crippen molar-refractivity contribution in [2.45, 2.75) is 79.8 Å². The van der Waals surface area contributed by atoms with Crippen LogP contribution in [0.1, 0.15) is 114 Å². The predicted molar refractivity (Wildman–Crippen MR) is 338 cm³/mol. The van der Waals surface area contributed by atoms with Crippen LogP contribution in [0.3, 0.4) is 0 Å². The van der Waals surface area contributed by atoms with Crippen LogP contribution in [0.15, 0.2) is 273 Å². The van der Waals surface area contributed by atoms with E-state index in [2.05, 4.69) is 270 Å². The molecule has 0 aromatic heterocycles. The molecule has 3 heterocycles. The van der Waals surface area contributed by atoms with Gasteiger partial charge in [0.05, 0.1) is 30.1 Å². The van der Waals surface area contributed by atoms with Gasteiger partial charge in [-0.3, -0.25) is 14.7 Å². The molecule has 0 spiro atoms. The van der Waals surface area contributed by atoms with Crippen molar-refractivity contribution >= 4 is 6.29 Å². The number of piperidine rings is 3. The molecule has 3 saturated heterocycles. The zero-order chi connectivity index (χ0) is 56.9. The third kappa shape index (κ3) is 14.4. The van der Waals surface area contributed by atoms with E-state index in [0.717, 1.165) is 77.6 Å². The normalized spacial score (nSPS) is 16.8. The summed E-state index contributed by atoms with van der Waals surface area (Å²) in [6.07, 6.45) is 7.25. The fourth-order valence-electron chi connectivity index (χ4n) is 13.0. The Balaban J connectivity index is 0.000000146. The fraction of sp³-hybridized carbons (Fsp3) is 0.276. The highest BCUT2D eigenvalue weighted by Gasteiger charge is 2.40. The summed E-state index contributed by atoms with van der Waals surface area (Å²) in [4.78, 5) is 19.8. The quantitative estimate of drug-likeness (QED) is 0.106. The predicted octanol–water partition coefficient (Wildman–Crippen LogP) is 15.2. The second-order valence-electron chi connectivity index (χ2n) is 22.7. The molecule has 3 aliphatic heterocycles. The number of hydrogen-bond donors (Lipinski definition) is 2. The number of hydrogen-bond acceptors (Lipinski definition) is 6. The van der Waals surface area contributed by atoms with Crippen LogP contribution in [0.2, 0.25) is 0 Å². The van der Waals surface area contributed by atoms with Gasteiger partial charge in [-0.1, -0.05) is 280 Å². The average molecular weight is 1090 g/mol. The maximum Gasteiger partial charge on any atom is 0.130 e. The second kappa shape index (κ2) is 29.4. The van der Waals surface area contributed by atoms with Gasteiger partial charge in [0.15, 0.2) is 0 Å². The van der Waals surface area contributed by atoms with E-state index in [1.54, 1.807) is 0 Å². The van der Waals surface area contributed by atoms with Crippen LogP contribution in [-0.2, 0) is 21.0 Å². The summed E-state index contributed by atoms with van der Waals surface area (Å²) >= 11 is 0. The molecule has 0 aliphatic carbocycles. The number of aliphatic hydroxyl groups is 2. The highest BCUT2D eigenvalue weighted by atomic mass is 16.3. The van der Waals surface area contributed by atoms with Gasteiger partial charge in [0.25, 0.3) is 0 Å². The molecule has 0 unspecified atom stereocenters. The van der Waals surface area contributed by atoms with Crippen molar-refractivity contribution in [3.63, 3.8) is 0 Å². The van der Waals surface area contributed by atoms with Gasteiger partial charge in [-0.25, -0.2) is 0 Å².